The monoisotopic (exact) mass is 229 g/mol. The van der Waals surface area contributed by atoms with E-state index >= 15 is 0 Å². The summed E-state index contributed by atoms with van der Waals surface area (Å²) in [6.45, 7) is 0.491. The van der Waals surface area contributed by atoms with Gasteiger partial charge in [-0.15, -0.1) is 0 Å². The molecular weight excluding hydrogens is 210 g/mol. The fraction of sp³-hybridized carbons (Fsp3) is 0.800. The van der Waals surface area contributed by atoms with Crippen LogP contribution in [0.1, 0.15) is 12.8 Å². The van der Waals surface area contributed by atoms with E-state index in [4.69, 9.17) is 10.5 Å². The Morgan fingerprint density at radius 2 is 2.19 bits per heavy atom. The molecule has 1 fully saturated rings. The number of carbonyl (C=O) groups is 2. The van der Waals surface area contributed by atoms with E-state index in [1.165, 1.54) is 11.9 Å². The van der Waals surface area contributed by atoms with Crippen LogP contribution in [-0.4, -0.2) is 56.1 Å². The van der Waals surface area contributed by atoms with Crippen LogP contribution in [0.25, 0.3) is 0 Å². The molecule has 0 aromatic rings. The molecule has 0 aromatic heterocycles. The Bertz CT molecular complexity index is 270. The van der Waals surface area contributed by atoms with Gasteiger partial charge in [-0.25, -0.2) is 0 Å². The van der Waals surface area contributed by atoms with Gasteiger partial charge in [0.25, 0.3) is 5.91 Å². The third-order valence-corrected chi connectivity index (χ3v) is 2.68. The Morgan fingerprint density at radius 1 is 1.50 bits per heavy atom. The van der Waals surface area contributed by atoms with Gasteiger partial charge < -0.3 is 20.7 Å². The molecular formula is C10H19N3O3. The third-order valence-electron chi connectivity index (χ3n) is 2.68. The molecule has 2 amide bonds. The molecule has 6 nitrogen and oxygen atoms in total. The van der Waals surface area contributed by atoms with Gasteiger partial charge >= 0.3 is 0 Å². The zero-order chi connectivity index (χ0) is 12.1. The van der Waals surface area contributed by atoms with Gasteiger partial charge in [0.1, 0.15) is 6.10 Å². The summed E-state index contributed by atoms with van der Waals surface area (Å²) in [7, 11) is 3.13. The van der Waals surface area contributed by atoms with Crippen LogP contribution in [0.5, 0.6) is 0 Å². The number of hydrogen-bond acceptors (Lipinski definition) is 4. The van der Waals surface area contributed by atoms with Crippen molar-refractivity contribution in [3.8, 4) is 0 Å². The van der Waals surface area contributed by atoms with E-state index in [2.05, 4.69) is 5.32 Å². The molecule has 1 saturated heterocycles. The van der Waals surface area contributed by atoms with Gasteiger partial charge in [-0.1, -0.05) is 0 Å². The molecule has 2 atom stereocenters. The average Bonchev–Trinajstić information content (AvgIpc) is 2.76. The summed E-state index contributed by atoms with van der Waals surface area (Å²) in [5.74, 6) is -0.344. The molecule has 0 bridgehead atoms. The van der Waals surface area contributed by atoms with E-state index < -0.39 is 6.10 Å². The highest BCUT2D eigenvalue weighted by molar-refractivity contribution is 5.86. The van der Waals surface area contributed by atoms with E-state index in [-0.39, 0.29) is 24.5 Å². The van der Waals surface area contributed by atoms with Crippen molar-refractivity contribution in [3.63, 3.8) is 0 Å². The first-order valence-electron chi connectivity index (χ1n) is 5.39. The number of likely N-dealkylation sites (N-methyl/N-ethyl adjacent to an activating group) is 2. The van der Waals surface area contributed by atoms with Crippen LogP contribution in [0.2, 0.25) is 0 Å². The lowest BCUT2D eigenvalue weighted by atomic mass is 10.2. The summed E-state index contributed by atoms with van der Waals surface area (Å²) in [4.78, 5) is 24.3. The first-order valence-corrected chi connectivity index (χ1v) is 5.39. The van der Waals surface area contributed by atoms with E-state index in [1.54, 1.807) is 7.05 Å². The van der Waals surface area contributed by atoms with E-state index in [0.29, 0.717) is 13.0 Å². The van der Waals surface area contributed by atoms with Crippen LogP contribution >= 0.6 is 0 Å². The molecule has 16 heavy (non-hydrogen) atoms. The number of rotatable bonds is 4. The number of nitrogens with zero attached hydrogens (tertiary/aromatic N) is 1. The number of nitrogens with one attached hydrogen (secondary N) is 1. The van der Waals surface area contributed by atoms with Crippen molar-refractivity contribution < 1.29 is 14.3 Å². The molecule has 0 spiro atoms. The summed E-state index contributed by atoms with van der Waals surface area (Å²) >= 11 is 0. The molecule has 1 heterocycles. The van der Waals surface area contributed by atoms with Crippen LogP contribution in [0, 0.1) is 0 Å². The Kier molecular flexibility index (Phi) is 4.70. The third kappa shape index (κ3) is 3.18. The second-order valence-electron chi connectivity index (χ2n) is 3.93. The highest BCUT2D eigenvalue weighted by atomic mass is 16.5. The Morgan fingerprint density at radius 3 is 2.69 bits per heavy atom. The van der Waals surface area contributed by atoms with Gasteiger partial charge in [0.15, 0.2) is 0 Å². The van der Waals surface area contributed by atoms with Crippen molar-refractivity contribution in [2.45, 2.75) is 25.0 Å². The lowest BCUT2D eigenvalue weighted by molar-refractivity contribution is -0.143. The molecule has 1 rings (SSSR count). The number of nitrogens with two attached hydrogens (primary N) is 1. The number of carbonyl (C=O) groups excluding carboxylic acids is 2. The van der Waals surface area contributed by atoms with E-state index in [1.807, 2.05) is 0 Å². The van der Waals surface area contributed by atoms with Crippen molar-refractivity contribution in [2.24, 2.45) is 5.73 Å². The normalized spacial score (nSPS) is 24.2. The smallest absolute Gasteiger partial charge is 0.251 e. The summed E-state index contributed by atoms with van der Waals surface area (Å²) in [5.41, 5.74) is 5.46. The summed E-state index contributed by atoms with van der Waals surface area (Å²) in [6, 6.07) is 0. The second-order valence-corrected chi connectivity index (χ2v) is 3.93. The minimum absolute atomic E-state index is 0.0256. The Labute approximate surface area is 95.1 Å². The van der Waals surface area contributed by atoms with Crippen LogP contribution in [0.3, 0.4) is 0 Å². The van der Waals surface area contributed by atoms with E-state index in [0.717, 1.165) is 6.42 Å². The molecule has 1 aliphatic rings. The minimum Gasteiger partial charge on any atom is -0.364 e. The number of amides is 2. The highest BCUT2D eigenvalue weighted by Crippen LogP contribution is 2.20. The molecule has 3 N–H and O–H groups in total. The SMILES string of the molecule is CNC(=O)CN(C)C(=O)C1CCC(CN)O1. The predicted octanol–water partition coefficient (Wildman–Crippen LogP) is -1.30. The standard InChI is InChI=1S/C10H19N3O3/c1-12-9(14)6-13(2)10(15)8-4-3-7(5-11)16-8/h7-8H,3-6,11H2,1-2H3,(H,12,14). The predicted molar refractivity (Wildman–Crippen MR) is 58.7 cm³/mol. The largest absolute Gasteiger partial charge is 0.364 e. The van der Waals surface area contributed by atoms with Crippen LogP contribution in [-0.2, 0) is 14.3 Å². The lowest BCUT2D eigenvalue weighted by Gasteiger charge is -2.20. The number of hydrogen-bond donors (Lipinski definition) is 2. The first kappa shape index (κ1) is 12.9. The van der Waals surface area contributed by atoms with E-state index in [9.17, 15) is 9.59 Å². The Balaban J connectivity index is 2.42. The van der Waals surface area contributed by atoms with Crippen molar-refractivity contribution in [1.82, 2.24) is 10.2 Å². The summed E-state index contributed by atoms with van der Waals surface area (Å²) < 4.78 is 5.46. The van der Waals surface area contributed by atoms with Crippen LogP contribution in [0.15, 0.2) is 0 Å². The molecule has 2 unspecified atom stereocenters. The maximum absolute atomic E-state index is 11.8. The highest BCUT2D eigenvalue weighted by Gasteiger charge is 2.32. The fourth-order valence-electron chi connectivity index (χ4n) is 1.68. The van der Waals surface area contributed by atoms with Crippen molar-refractivity contribution >= 4 is 11.8 Å². The molecule has 0 radical (unpaired) electrons. The topological polar surface area (TPSA) is 84.7 Å². The summed E-state index contributed by atoms with van der Waals surface area (Å²) in [6.07, 6.45) is 1.02. The van der Waals surface area contributed by atoms with Crippen molar-refractivity contribution in [1.29, 1.82) is 0 Å². The number of ether oxygens (including phenoxy) is 1. The molecule has 0 aliphatic carbocycles. The van der Waals surface area contributed by atoms with Crippen LogP contribution < -0.4 is 11.1 Å². The quantitative estimate of drug-likeness (QED) is 0.627. The lowest BCUT2D eigenvalue weighted by Crippen LogP contribution is -2.42. The fourth-order valence-corrected chi connectivity index (χ4v) is 1.68. The first-order chi connectivity index (χ1) is 7.58. The molecule has 92 valence electrons. The maximum atomic E-state index is 11.8. The molecule has 0 aromatic carbocycles. The Hall–Kier alpha value is -1.14. The van der Waals surface area contributed by atoms with Gasteiger partial charge in [0.05, 0.1) is 12.6 Å². The van der Waals surface area contributed by atoms with Gasteiger partial charge in [-0.2, -0.15) is 0 Å². The van der Waals surface area contributed by atoms with Gasteiger partial charge in [-0.3, -0.25) is 9.59 Å². The molecule has 6 heteroatoms. The van der Waals surface area contributed by atoms with Crippen molar-refractivity contribution in [3.05, 3.63) is 0 Å². The maximum Gasteiger partial charge on any atom is 0.251 e. The van der Waals surface area contributed by atoms with Gasteiger partial charge in [0, 0.05) is 20.6 Å². The minimum atomic E-state index is -0.441. The van der Waals surface area contributed by atoms with Gasteiger partial charge in [0.2, 0.25) is 5.91 Å². The average molecular weight is 229 g/mol. The second kappa shape index (κ2) is 5.81. The van der Waals surface area contributed by atoms with Gasteiger partial charge in [-0.05, 0) is 12.8 Å². The summed E-state index contributed by atoms with van der Waals surface area (Å²) in [5, 5.41) is 2.47. The van der Waals surface area contributed by atoms with Crippen LogP contribution in [0.4, 0.5) is 0 Å². The zero-order valence-corrected chi connectivity index (χ0v) is 9.73. The van der Waals surface area contributed by atoms with Crippen molar-refractivity contribution in [2.75, 3.05) is 27.2 Å². The molecule has 1 aliphatic heterocycles. The zero-order valence-electron chi connectivity index (χ0n) is 9.73. The molecule has 0 saturated carbocycles.